The van der Waals surface area contributed by atoms with Gasteiger partial charge in [-0.05, 0) is 11.1 Å². The van der Waals surface area contributed by atoms with Gasteiger partial charge in [-0.2, -0.15) is 0 Å². The second kappa shape index (κ2) is 5.84. The highest BCUT2D eigenvalue weighted by Gasteiger charge is 2.19. The molecule has 5 heteroatoms. The van der Waals surface area contributed by atoms with Crippen molar-refractivity contribution in [2.24, 2.45) is 5.73 Å². The zero-order chi connectivity index (χ0) is 13.0. The summed E-state index contributed by atoms with van der Waals surface area (Å²) in [5.41, 5.74) is 7.94. The summed E-state index contributed by atoms with van der Waals surface area (Å²) in [6.07, 6.45) is -0.818. The number of carboxylic acid groups (broad SMARTS) is 1. The lowest BCUT2D eigenvalue weighted by Gasteiger charge is -2.33. The van der Waals surface area contributed by atoms with Gasteiger partial charge in [-0.1, -0.05) is 24.3 Å². The maximum absolute atomic E-state index is 10.8. The van der Waals surface area contributed by atoms with E-state index in [2.05, 4.69) is 17.0 Å². The molecule has 1 aliphatic rings. The molecular formula is C13H19N3O2. The van der Waals surface area contributed by atoms with E-state index in [1.54, 1.807) is 0 Å². The lowest BCUT2D eigenvalue weighted by Crippen LogP contribution is -2.47. The minimum Gasteiger partial charge on any atom is -0.465 e. The first-order valence-electron chi connectivity index (χ1n) is 6.17. The van der Waals surface area contributed by atoms with Gasteiger partial charge in [-0.15, -0.1) is 0 Å². The molecule has 1 fully saturated rings. The molecule has 0 atom stereocenters. The Kier molecular flexibility index (Phi) is 4.17. The summed E-state index contributed by atoms with van der Waals surface area (Å²) in [6, 6.07) is 8.27. The molecule has 1 saturated heterocycles. The lowest BCUT2D eigenvalue weighted by molar-refractivity contribution is 0.103. The van der Waals surface area contributed by atoms with E-state index in [0.29, 0.717) is 19.6 Å². The SMILES string of the molecule is NCc1ccc(CN2CCN(C(=O)O)CC2)cc1. The third-order valence-electron chi connectivity index (χ3n) is 3.31. The molecule has 0 aliphatic carbocycles. The van der Waals surface area contributed by atoms with Crippen molar-refractivity contribution in [2.45, 2.75) is 13.1 Å². The van der Waals surface area contributed by atoms with E-state index in [-0.39, 0.29) is 0 Å². The summed E-state index contributed by atoms with van der Waals surface area (Å²) in [5, 5.41) is 8.87. The minimum atomic E-state index is -0.818. The molecule has 5 nitrogen and oxygen atoms in total. The Labute approximate surface area is 107 Å². The van der Waals surface area contributed by atoms with Crippen LogP contribution in [-0.2, 0) is 13.1 Å². The van der Waals surface area contributed by atoms with Crippen LogP contribution in [0.3, 0.4) is 0 Å². The summed E-state index contributed by atoms with van der Waals surface area (Å²) >= 11 is 0. The van der Waals surface area contributed by atoms with E-state index in [4.69, 9.17) is 10.8 Å². The molecule has 18 heavy (non-hydrogen) atoms. The predicted molar refractivity (Wildman–Crippen MR) is 69.2 cm³/mol. The highest BCUT2D eigenvalue weighted by atomic mass is 16.4. The Morgan fingerprint density at radius 2 is 1.67 bits per heavy atom. The standard InChI is InChI=1S/C13H19N3O2/c14-9-11-1-3-12(4-2-11)10-15-5-7-16(8-6-15)13(17)18/h1-4H,5-10,14H2,(H,17,18). The third kappa shape index (κ3) is 3.21. The van der Waals surface area contributed by atoms with Crippen LogP contribution >= 0.6 is 0 Å². The summed E-state index contributed by atoms with van der Waals surface area (Å²) in [5.74, 6) is 0. The number of hydrogen-bond acceptors (Lipinski definition) is 3. The van der Waals surface area contributed by atoms with Gasteiger partial charge in [0.1, 0.15) is 0 Å². The molecule has 1 aromatic carbocycles. The number of nitrogens with two attached hydrogens (primary N) is 1. The average molecular weight is 249 g/mol. The van der Waals surface area contributed by atoms with Gasteiger partial charge in [-0.3, -0.25) is 4.90 Å². The molecule has 1 heterocycles. The van der Waals surface area contributed by atoms with E-state index in [0.717, 1.165) is 25.2 Å². The molecule has 0 bridgehead atoms. The minimum absolute atomic E-state index is 0.567. The summed E-state index contributed by atoms with van der Waals surface area (Å²) in [7, 11) is 0. The fraction of sp³-hybridized carbons (Fsp3) is 0.462. The summed E-state index contributed by atoms with van der Waals surface area (Å²) in [6.45, 7) is 4.22. The molecule has 3 N–H and O–H groups in total. The number of piperazine rings is 1. The van der Waals surface area contributed by atoms with Gasteiger partial charge in [-0.25, -0.2) is 4.79 Å². The quantitative estimate of drug-likeness (QED) is 0.836. The highest BCUT2D eigenvalue weighted by molar-refractivity contribution is 5.65. The van der Waals surface area contributed by atoms with Crippen LogP contribution in [0, 0.1) is 0 Å². The van der Waals surface area contributed by atoms with Gasteiger partial charge >= 0.3 is 6.09 Å². The number of benzene rings is 1. The Balaban J connectivity index is 1.85. The van der Waals surface area contributed by atoms with Gasteiger partial charge < -0.3 is 15.7 Å². The molecule has 0 aromatic heterocycles. The Morgan fingerprint density at radius 3 is 2.17 bits per heavy atom. The number of amides is 1. The van der Waals surface area contributed by atoms with Crippen LogP contribution in [0.1, 0.15) is 11.1 Å². The zero-order valence-electron chi connectivity index (χ0n) is 10.4. The van der Waals surface area contributed by atoms with Crippen molar-refractivity contribution >= 4 is 6.09 Å². The fourth-order valence-corrected chi connectivity index (χ4v) is 2.14. The number of hydrogen-bond donors (Lipinski definition) is 2. The molecule has 0 radical (unpaired) electrons. The van der Waals surface area contributed by atoms with Crippen LogP contribution in [0.15, 0.2) is 24.3 Å². The molecule has 0 saturated carbocycles. The van der Waals surface area contributed by atoms with Crippen molar-refractivity contribution in [3.63, 3.8) is 0 Å². The van der Waals surface area contributed by atoms with Crippen molar-refractivity contribution in [2.75, 3.05) is 26.2 Å². The average Bonchev–Trinajstić information content (AvgIpc) is 2.40. The van der Waals surface area contributed by atoms with Crippen molar-refractivity contribution in [1.29, 1.82) is 0 Å². The molecule has 98 valence electrons. The molecule has 0 spiro atoms. The van der Waals surface area contributed by atoms with Crippen molar-refractivity contribution < 1.29 is 9.90 Å². The Hall–Kier alpha value is -1.59. The molecule has 1 amide bonds. The third-order valence-corrected chi connectivity index (χ3v) is 3.31. The molecule has 1 aliphatic heterocycles. The van der Waals surface area contributed by atoms with Gasteiger partial charge in [0.05, 0.1) is 0 Å². The number of rotatable bonds is 3. The Bertz CT molecular complexity index is 397. The fourth-order valence-electron chi connectivity index (χ4n) is 2.14. The second-order valence-electron chi connectivity index (χ2n) is 4.57. The van der Waals surface area contributed by atoms with E-state index in [1.807, 2.05) is 12.1 Å². The second-order valence-corrected chi connectivity index (χ2v) is 4.57. The smallest absolute Gasteiger partial charge is 0.407 e. The number of carbonyl (C=O) groups is 1. The maximum atomic E-state index is 10.8. The van der Waals surface area contributed by atoms with Crippen LogP contribution < -0.4 is 5.73 Å². The predicted octanol–water partition coefficient (Wildman–Crippen LogP) is 0.941. The summed E-state index contributed by atoms with van der Waals surface area (Å²) < 4.78 is 0. The van der Waals surface area contributed by atoms with Crippen LogP contribution in [0.2, 0.25) is 0 Å². The molecule has 0 unspecified atom stereocenters. The van der Waals surface area contributed by atoms with Gasteiger partial charge in [0, 0.05) is 39.3 Å². The van der Waals surface area contributed by atoms with Gasteiger partial charge in [0.2, 0.25) is 0 Å². The van der Waals surface area contributed by atoms with Crippen LogP contribution in [0.25, 0.3) is 0 Å². The van der Waals surface area contributed by atoms with Crippen molar-refractivity contribution in [3.8, 4) is 0 Å². The Morgan fingerprint density at radius 1 is 1.11 bits per heavy atom. The van der Waals surface area contributed by atoms with Gasteiger partial charge in [0.25, 0.3) is 0 Å². The van der Waals surface area contributed by atoms with Crippen LogP contribution in [0.4, 0.5) is 4.79 Å². The van der Waals surface area contributed by atoms with E-state index >= 15 is 0 Å². The maximum Gasteiger partial charge on any atom is 0.407 e. The van der Waals surface area contributed by atoms with Crippen molar-refractivity contribution in [3.05, 3.63) is 35.4 Å². The monoisotopic (exact) mass is 249 g/mol. The normalized spacial score (nSPS) is 16.8. The lowest BCUT2D eigenvalue weighted by atomic mass is 10.1. The van der Waals surface area contributed by atoms with Crippen LogP contribution in [0.5, 0.6) is 0 Å². The molecule has 2 rings (SSSR count). The van der Waals surface area contributed by atoms with E-state index < -0.39 is 6.09 Å². The first kappa shape index (κ1) is 12.9. The topological polar surface area (TPSA) is 69.8 Å². The zero-order valence-corrected chi connectivity index (χ0v) is 10.4. The summed E-state index contributed by atoms with van der Waals surface area (Å²) in [4.78, 5) is 14.5. The van der Waals surface area contributed by atoms with E-state index in [1.165, 1.54) is 10.5 Å². The van der Waals surface area contributed by atoms with Crippen molar-refractivity contribution in [1.82, 2.24) is 9.80 Å². The largest absolute Gasteiger partial charge is 0.465 e. The van der Waals surface area contributed by atoms with Gasteiger partial charge in [0.15, 0.2) is 0 Å². The highest BCUT2D eigenvalue weighted by Crippen LogP contribution is 2.10. The first-order valence-corrected chi connectivity index (χ1v) is 6.17. The van der Waals surface area contributed by atoms with Crippen LogP contribution in [-0.4, -0.2) is 47.2 Å². The molecule has 1 aromatic rings. The van der Waals surface area contributed by atoms with E-state index in [9.17, 15) is 4.79 Å². The first-order chi connectivity index (χ1) is 8.69. The molecular weight excluding hydrogens is 230 g/mol. The number of nitrogens with zero attached hydrogens (tertiary/aromatic N) is 2.